The molecule has 0 heterocycles. The van der Waals surface area contributed by atoms with Crippen LogP contribution < -0.4 is 0 Å². The molecule has 0 nitrogen and oxygen atoms in total. The fourth-order valence-corrected chi connectivity index (χ4v) is 0.891. The first-order valence-corrected chi connectivity index (χ1v) is 2.93. The number of rotatable bonds is 0. The van der Waals surface area contributed by atoms with Gasteiger partial charge in [0.15, 0.2) is 0 Å². The van der Waals surface area contributed by atoms with Crippen molar-refractivity contribution in [1.29, 1.82) is 0 Å². The van der Waals surface area contributed by atoms with Gasteiger partial charge in [-0.2, -0.15) is 0 Å². The number of hydrogen-bond acceptors (Lipinski definition) is 0. The van der Waals surface area contributed by atoms with Crippen molar-refractivity contribution in [2.24, 2.45) is 0 Å². The summed E-state index contributed by atoms with van der Waals surface area (Å²) < 4.78 is 0. The van der Waals surface area contributed by atoms with Crippen molar-refractivity contribution in [3.05, 3.63) is 34.9 Å². The monoisotopic (exact) mass is 126 g/mol. The maximum Gasteiger partial charge on any atom is 0.0475 e. The molecule has 0 N–H and O–H groups in total. The van der Waals surface area contributed by atoms with Gasteiger partial charge < -0.3 is 0 Å². The molecule has 42 valence electrons. The highest BCUT2D eigenvalue weighted by Gasteiger charge is 1.98. The summed E-state index contributed by atoms with van der Waals surface area (Å²) >= 11 is 5.71. The van der Waals surface area contributed by atoms with Crippen LogP contribution in [0.2, 0.25) is 0 Å². The fraction of sp³-hybridized carbons (Fsp3) is 0.143. The van der Waals surface area contributed by atoms with Crippen LogP contribution in [-0.2, 0) is 0 Å². The lowest BCUT2D eigenvalue weighted by Crippen LogP contribution is -1.67. The largest absolute Gasteiger partial charge is 0.0837 e. The van der Waals surface area contributed by atoms with Gasteiger partial charge >= 0.3 is 0 Å². The van der Waals surface area contributed by atoms with Crippen molar-refractivity contribution >= 4 is 11.6 Å². The molecule has 0 saturated carbocycles. The topological polar surface area (TPSA) is 0 Å². The van der Waals surface area contributed by atoms with Crippen LogP contribution >= 0.6 is 11.6 Å². The first kappa shape index (κ1) is 5.64. The van der Waals surface area contributed by atoms with E-state index in [2.05, 4.69) is 0 Å². The molecule has 0 aromatic carbocycles. The lowest BCUT2D eigenvalue weighted by atomic mass is 10.3. The van der Waals surface area contributed by atoms with E-state index in [1.54, 1.807) is 0 Å². The van der Waals surface area contributed by atoms with Crippen LogP contribution in [-0.4, -0.2) is 0 Å². The van der Waals surface area contributed by atoms with Crippen molar-refractivity contribution in [2.45, 2.75) is 6.92 Å². The predicted molar refractivity (Wildman–Crippen MR) is 36.8 cm³/mol. The molecule has 1 aliphatic carbocycles. The Morgan fingerprint density at radius 1 is 1.62 bits per heavy atom. The Morgan fingerprint density at radius 2 is 2.38 bits per heavy atom. The molecule has 0 saturated heterocycles. The molecule has 0 amide bonds. The summed E-state index contributed by atoms with van der Waals surface area (Å²) in [7, 11) is 0. The fourth-order valence-electron chi connectivity index (χ4n) is 0.646. The molecule has 0 aromatic rings. The standard InChI is InChI=1S/C7H7Cl/c1-2-6-4-3-5-7(6)8/h2-5H,1H3. The highest BCUT2D eigenvalue weighted by atomic mass is 35.5. The average Bonchev–Trinajstić information content (AvgIpc) is 2.14. The first-order valence-electron chi connectivity index (χ1n) is 2.55. The minimum absolute atomic E-state index is 0.840. The molecule has 0 aliphatic heterocycles. The van der Waals surface area contributed by atoms with E-state index in [-0.39, 0.29) is 0 Å². The summed E-state index contributed by atoms with van der Waals surface area (Å²) in [5.41, 5.74) is 1.12. The van der Waals surface area contributed by atoms with Crippen LogP contribution in [0.25, 0.3) is 0 Å². The van der Waals surface area contributed by atoms with Crippen LogP contribution in [0.3, 0.4) is 0 Å². The van der Waals surface area contributed by atoms with Gasteiger partial charge in [0.1, 0.15) is 0 Å². The summed E-state index contributed by atoms with van der Waals surface area (Å²) in [4.78, 5) is 0. The van der Waals surface area contributed by atoms with Crippen molar-refractivity contribution in [1.82, 2.24) is 0 Å². The van der Waals surface area contributed by atoms with Gasteiger partial charge in [0, 0.05) is 5.03 Å². The molecule has 1 rings (SSSR count). The van der Waals surface area contributed by atoms with Crippen LogP contribution in [0.15, 0.2) is 34.9 Å². The molecule has 0 atom stereocenters. The van der Waals surface area contributed by atoms with Gasteiger partial charge in [0.05, 0.1) is 0 Å². The van der Waals surface area contributed by atoms with Crippen LogP contribution in [0, 0.1) is 0 Å². The Labute approximate surface area is 54.2 Å². The maximum atomic E-state index is 5.71. The van der Waals surface area contributed by atoms with Crippen LogP contribution in [0.5, 0.6) is 0 Å². The smallest absolute Gasteiger partial charge is 0.0475 e. The van der Waals surface area contributed by atoms with Gasteiger partial charge in [-0.15, -0.1) is 0 Å². The third kappa shape index (κ3) is 0.846. The molecular formula is C7H7Cl. The summed E-state index contributed by atoms with van der Waals surface area (Å²) in [6, 6.07) is 0. The van der Waals surface area contributed by atoms with Gasteiger partial charge in [-0.25, -0.2) is 0 Å². The Hall–Kier alpha value is -0.490. The molecular weight excluding hydrogens is 120 g/mol. The normalized spacial score (nSPS) is 22.2. The lowest BCUT2D eigenvalue weighted by molar-refractivity contribution is 1.62. The van der Waals surface area contributed by atoms with E-state index in [1.165, 1.54) is 0 Å². The Bertz CT molecular complexity index is 173. The summed E-state index contributed by atoms with van der Waals surface area (Å²) in [6.45, 7) is 1.97. The molecule has 1 heteroatoms. The average molecular weight is 127 g/mol. The van der Waals surface area contributed by atoms with Gasteiger partial charge in [-0.1, -0.05) is 29.8 Å². The Kier molecular flexibility index (Phi) is 1.54. The van der Waals surface area contributed by atoms with E-state index in [4.69, 9.17) is 11.6 Å². The summed E-state index contributed by atoms with van der Waals surface area (Å²) in [5, 5.41) is 0.840. The van der Waals surface area contributed by atoms with E-state index < -0.39 is 0 Å². The van der Waals surface area contributed by atoms with Crippen molar-refractivity contribution in [2.75, 3.05) is 0 Å². The molecule has 0 spiro atoms. The number of hydrogen-bond donors (Lipinski definition) is 0. The lowest BCUT2D eigenvalue weighted by Gasteiger charge is -1.88. The minimum atomic E-state index is 0.840. The zero-order chi connectivity index (χ0) is 5.98. The highest BCUT2D eigenvalue weighted by molar-refractivity contribution is 6.32. The van der Waals surface area contributed by atoms with E-state index in [9.17, 15) is 0 Å². The minimum Gasteiger partial charge on any atom is -0.0837 e. The van der Waals surface area contributed by atoms with Gasteiger partial charge in [0.25, 0.3) is 0 Å². The molecule has 0 unspecified atom stereocenters. The zero-order valence-electron chi connectivity index (χ0n) is 4.69. The van der Waals surface area contributed by atoms with E-state index in [0.717, 1.165) is 10.6 Å². The molecule has 8 heavy (non-hydrogen) atoms. The SMILES string of the molecule is CC=C1C=CC=C1Cl. The molecule has 1 aliphatic rings. The van der Waals surface area contributed by atoms with Gasteiger partial charge in [-0.3, -0.25) is 0 Å². The van der Waals surface area contributed by atoms with Crippen molar-refractivity contribution in [3.8, 4) is 0 Å². The second kappa shape index (κ2) is 2.19. The summed E-state index contributed by atoms with van der Waals surface area (Å²) in [6.07, 6.45) is 7.80. The Morgan fingerprint density at radius 3 is 2.62 bits per heavy atom. The van der Waals surface area contributed by atoms with E-state index in [0.29, 0.717) is 0 Å². The maximum absolute atomic E-state index is 5.71. The third-order valence-corrected chi connectivity index (χ3v) is 1.45. The van der Waals surface area contributed by atoms with Crippen LogP contribution in [0.4, 0.5) is 0 Å². The molecule has 0 bridgehead atoms. The quantitative estimate of drug-likeness (QED) is 0.468. The van der Waals surface area contributed by atoms with Crippen molar-refractivity contribution < 1.29 is 0 Å². The van der Waals surface area contributed by atoms with Gasteiger partial charge in [0.2, 0.25) is 0 Å². The number of allylic oxidation sites excluding steroid dienone is 6. The van der Waals surface area contributed by atoms with Gasteiger partial charge in [-0.05, 0) is 18.6 Å². The van der Waals surface area contributed by atoms with E-state index in [1.807, 2.05) is 31.2 Å². The summed E-state index contributed by atoms with van der Waals surface area (Å²) in [5.74, 6) is 0. The second-order valence-electron chi connectivity index (χ2n) is 1.62. The first-order chi connectivity index (χ1) is 3.84. The third-order valence-electron chi connectivity index (χ3n) is 1.11. The predicted octanol–water partition coefficient (Wildman–Crippen LogP) is 2.63. The zero-order valence-corrected chi connectivity index (χ0v) is 5.44. The van der Waals surface area contributed by atoms with E-state index >= 15 is 0 Å². The van der Waals surface area contributed by atoms with Crippen LogP contribution in [0.1, 0.15) is 6.92 Å². The van der Waals surface area contributed by atoms with Crippen molar-refractivity contribution in [3.63, 3.8) is 0 Å². The number of halogens is 1. The molecule has 0 aromatic heterocycles. The molecule has 0 radical (unpaired) electrons. The Balaban J connectivity index is 2.88. The second-order valence-corrected chi connectivity index (χ2v) is 2.02. The molecule has 0 fully saturated rings. The highest BCUT2D eigenvalue weighted by Crippen LogP contribution is 2.20.